The Balaban J connectivity index is 1.78. The molecule has 5 heteroatoms. The van der Waals surface area contributed by atoms with E-state index in [9.17, 15) is 4.79 Å². The van der Waals surface area contributed by atoms with Crippen molar-refractivity contribution in [3.63, 3.8) is 0 Å². The van der Waals surface area contributed by atoms with Gasteiger partial charge in [0.05, 0.1) is 12.8 Å². The maximum absolute atomic E-state index is 13.4. The van der Waals surface area contributed by atoms with Crippen LogP contribution in [0.5, 0.6) is 5.75 Å². The van der Waals surface area contributed by atoms with E-state index in [2.05, 4.69) is 51.7 Å². The van der Waals surface area contributed by atoms with E-state index in [0.717, 1.165) is 71.7 Å². The second-order valence-electron chi connectivity index (χ2n) is 8.37. The fraction of sp³-hybridized carbons (Fsp3) is 0.296. The van der Waals surface area contributed by atoms with Gasteiger partial charge in [0, 0.05) is 30.4 Å². The van der Waals surface area contributed by atoms with Gasteiger partial charge < -0.3 is 14.6 Å². The molecule has 1 aliphatic heterocycles. The van der Waals surface area contributed by atoms with Crippen LogP contribution in [0.1, 0.15) is 42.2 Å². The standard InChI is InChI=1S/C27H29N3O2/c1-3-16-28-26(31)25-24(20-9-5-4-6-10-20)22-11-7-8-17-29-23(18-30(25)27(22)29)19-12-14-21(32-2)15-13-19/h4-6,9-10,12-15,18H,3,7-8,11,16-17H2,1-2H3,(H,28,31). The van der Waals surface area contributed by atoms with Crippen molar-refractivity contribution in [3.05, 3.63) is 72.1 Å². The summed E-state index contributed by atoms with van der Waals surface area (Å²) < 4.78 is 9.87. The van der Waals surface area contributed by atoms with Crippen molar-refractivity contribution >= 4 is 11.6 Å². The smallest absolute Gasteiger partial charge is 0.268 e. The van der Waals surface area contributed by atoms with Crippen LogP contribution in [0.3, 0.4) is 0 Å². The minimum absolute atomic E-state index is 0.00837. The molecule has 164 valence electrons. The highest BCUT2D eigenvalue weighted by Gasteiger charge is 2.29. The Bertz CT molecular complexity index is 1250. The highest BCUT2D eigenvalue weighted by atomic mass is 16.5. The molecule has 0 fully saturated rings. The third-order valence-corrected chi connectivity index (χ3v) is 6.33. The zero-order valence-corrected chi connectivity index (χ0v) is 18.7. The number of rotatable bonds is 6. The lowest BCUT2D eigenvalue weighted by atomic mass is 9.98. The van der Waals surface area contributed by atoms with Gasteiger partial charge >= 0.3 is 0 Å². The summed E-state index contributed by atoms with van der Waals surface area (Å²) >= 11 is 0. The molecule has 2 aromatic heterocycles. The van der Waals surface area contributed by atoms with E-state index in [1.165, 1.54) is 5.56 Å². The van der Waals surface area contributed by atoms with Crippen molar-refractivity contribution in [1.29, 1.82) is 0 Å². The summed E-state index contributed by atoms with van der Waals surface area (Å²) in [5.41, 5.74) is 7.60. The second kappa shape index (κ2) is 8.58. The van der Waals surface area contributed by atoms with E-state index >= 15 is 0 Å². The molecule has 1 N–H and O–H groups in total. The Hall–Kier alpha value is -3.47. The van der Waals surface area contributed by atoms with Crippen molar-refractivity contribution in [3.8, 4) is 28.1 Å². The van der Waals surface area contributed by atoms with Gasteiger partial charge in [-0.25, -0.2) is 0 Å². The van der Waals surface area contributed by atoms with Crippen LogP contribution in [-0.2, 0) is 13.0 Å². The average molecular weight is 428 g/mol. The van der Waals surface area contributed by atoms with E-state index in [1.54, 1.807) is 7.11 Å². The van der Waals surface area contributed by atoms with Gasteiger partial charge in [0.1, 0.15) is 17.1 Å². The Morgan fingerprint density at radius 1 is 1.03 bits per heavy atom. The van der Waals surface area contributed by atoms with Gasteiger partial charge in [0.2, 0.25) is 0 Å². The number of benzene rings is 2. The molecule has 5 rings (SSSR count). The summed E-state index contributed by atoms with van der Waals surface area (Å²) in [6.45, 7) is 3.69. The van der Waals surface area contributed by atoms with Crippen LogP contribution in [0.15, 0.2) is 60.8 Å². The first-order valence-electron chi connectivity index (χ1n) is 11.5. The third kappa shape index (κ3) is 3.38. The quantitative estimate of drug-likeness (QED) is 0.438. The monoisotopic (exact) mass is 427 g/mol. The minimum atomic E-state index is -0.00837. The summed E-state index contributed by atoms with van der Waals surface area (Å²) in [5, 5.41) is 3.12. The fourth-order valence-corrected chi connectivity index (χ4v) is 4.84. The van der Waals surface area contributed by atoms with Crippen LogP contribution >= 0.6 is 0 Å². The number of hydrogen-bond acceptors (Lipinski definition) is 2. The number of aryl methyl sites for hydroxylation is 2. The van der Waals surface area contributed by atoms with Gasteiger partial charge in [-0.3, -0.25) is 9.20 Å². The van der Waals surface area contributed by atoms with Crippen molar-refractivity contribution in [1.82, 2.24) is 14.3 Å². The fourth-order valence-electron chi connectivity index (χ4n) is 4.84. The highest BCUT2D eigenvalue weighted by molar-refractivity contribution is 6.03. The molecule has 4 aromatic rings. The van der Waals surface area contributed by atoms with E-state index < -0.39 is 0 Å². The number of nitrogens with zero attached hydrogens (tertiary/aromatic N) is 2. The molecule has 0 bridgehead atoms. The van der Waals surface area contributed by atoms with Gasteiger partial charge in [-0.15, -0.1) is 0 Å². The van der Waals surface area contributed by atoms with Crippen LogP contribution in [-0.4, -0.2) is 28.5 Å². The van der Waals surface area contributed by atoms with Gasteiger partial charge in [-0.1, -0.05) is 37.3 Å². The number of methoxy groups -OCH3 is 1. The van der Waals surface area contributed by atoms with Crippen molar-refractivity contribution < 1.29 is 9.53 Å². The van der Waals surface area contributed by atoms with Crippen LogP contribution < -0.4 is 10.1 Å². The number of hydrogen-bond donors (Lipinski definition) is 1. The zero-order valence-electron chi connectivity index (χ0n) is 18.7. The van der Waals surface area contributed by atoms with E-state index in [0.29, 0.717) is 6.54 Å². The first-order valence-corrected chi connectivity index (χ1v) is 11.5. The minimum Gasteiger partial charge on any atom is -0.497 e. The van der Waals surface area contributed by atoms with E-state index in [1.807, 2.05) is 30.3 Å². The Labute approximate surface area is 188 Å². The van der Waals surface area contributed by atoms with Crippen LogP contribution in [0.4, 0.5) is 0 Å². The lowest BCUT2D eigenvalue weighted by Gasteiger charge is -2.10. The van der Waals surface area contributed by atoms with Gasteiger partial charge in [-0.05, 0) is 61.1 Å². The molecule has 1 aliphatic rings. The molecule has 2 aromatic carbocycles. The molecule has 0 aliphatic carbocycles. The predicted octanol–water partition coefficient (Wildman–Crippen LogP) is 5.56. The summed E-state index contributed by atoms with van der Waals surface area (Å²) in [7, 11) is 1.68. The number of nitrogens with one attached hydrogen (secondary N) is 1. The molecule has 0 radical (unpaired) electrons. The second-order valence-corrected chi connectivity index (χ2v) is 8.37. The number of amides is 1. The first-order chi connectivity index (χ1) is 15.7. The van der Waals surface area contributed by atoms with Crippen molar-refractivity contribution in [2.75, 3.05) is 13.7 Å². The SMILES string of the molecule is CCCNC(=O)c1c(-c2ccccc2)c2c3n(c(-c4ccc(OC)cc4)cn13)CCCC2. The third-order valence-electron chi connectivity index (χ3n) is 6.33. The van der Waals surface area contributed by atoms with E-state index in [-0.39, 0.29) is 5.91 Å². The molecule has 0 saturated carbocycles. The Morgan fingerprint density at radius 2 is 1.81 bits per heavy atom. The van der Waals surface area contributed by atoms with E-state index in [4.69, 9.17) is 4.74 Å². The maximum Gasteiger partial charge on any atom is 0.268 e. The molecule has 1 amide bonds. The van der Waals surface area contributed by atoms with Crippen LogP contribution in [0, 0.1) is 0 Å². The number of carbonyl (C=O) groups excluding carboxylic acids is 1. The molecule has 0 unspecified atom stereocenters. The number of aromatic nitrogens is 2. The number of ether oxygens (including phenoxy) is 1. The molecule has 3 heterocycles. The lowest BCUT2D eigenvalue weighted by molar-refractivity contribution is 0.0948. The molecule has 0 atom stereocenters. The average Bonchev–Trinajstić information content (AvgIpc) is 3.26. The van der Waals surface area contributed by atoms with Crippen molar-refractivity contribution in [2.24, 2.45) is 0 Å². The molecular formula is C27H29N3O2. The molecule has 5 nitrogen and oxygen atoms in total. The lowest BCUT2D eigenvalue weighted by Crippen LogP contribution is -2.25. The molecule has 0 saturated heterocycles. The number of carbonyl (C=O) groups is 1. The van der Waals surface area contributed by atoms with Crippen LogP contribution in [0.25, 0.3) is 28.0 Å². The molecule has 0 spiro atoms. The van der Waals surface area contributed by atoms with Gasteiger partial charge in [0.15, 0.2) is 0 Å². The largest absolute Gasteiger partial charge is 0.497 e. The normalized spacial score (nSPS) is 13.2. The van der Waals surface area contributed by atoms with Crippen LogP contribution in [0.2, 0.25) is 0 Å². The summed E-state index contributed by atoms with van der Waals surface area (Å²) in [5.74, 6) is 0.834. The number of imidazole rings is 1. The summed E-state index contributed by atoms with van der Waals surface area (Å²) in [6, 6.07) is 18.5. The topological polar surface area (TPSA) is 47.7 Å². The molecular weight excluding hydrogens is 398 g/mol. The summed E-state index contributed by atoms with van der Waals surface area (Å²) in [6.07, 6.45) is 6.25. The van der Waals surface area contributed by atoms with Gasteiger partial charge in [0.25, 0.3) is 5.91 Å². The highest BCUT2D eigenvalue weighted by Crippen LogP contribution is 2.39. The first kappa shape index (κ1) is 20.4. The maximum atomic E-state index is 13.4. The Kier molecular flexibility index (Phi) is 5.48. The summed E-state index contributed by atoms with van der Waals surface area (Å²) in [4.78, 5) is 13.4. The zero-order chi connectivity index (χ0) is 22.1. The predicted molar refractivity (Wildman–Crippen MR) is 128 cm³/mol. The van der Waals surface area contributed by atoms with Crippen molar-refractivity contribution in [2.45, 2.75) is 39.2 Å². The van der Waals surface area contributed by atoms with Gasteiger partial charge in [-0.2, -0.15) is 0 Å². The Morgan fingerprint density at radius 3 is 2.53 bits per heavy atom. The molecule has 32 heavy (non-hydrogen) atoms.